The van der Waals surface area contributed by atoms with Crippen molar-refractivity contribution in [2.75, 3.05) is 6.61 Å². The molecule has 0 aromatic carbocycles. The Hall–Kier alpha value is -1.25. The third kappa shape index (κ3) is 7.04. The maximum atomic E-state index is 11.4. The van der Waals surface area contributed by atoms with E-state index in [-0.39, 0.29) is 6.10 Å². The number of unbranched alkanes of at least 4 members (excludes halogenated alkanes) is 3. The van der Waals surface area contributed by atoms with E-state index in [1.165, 1.54) is 24.8 Å². The van der Waals surface area contributed by atoms with Crippen LogP contribution >= 0.6 is 0 Å². The number of hydrogen-bond donors (Lipinski definition) is 0. The smallest absolute Gasteiger partial charge is 0.435 e. The van der Waals surface area contributed by atoms with Crippen LogP contribution in [0.4, 0.5) is 4.79 Å². The maximum absolute atomic E-state index is 11.4. The van der Waals surface area contributed by atoms with E-state index in [0.717, 1.165) is 25.7 Å². The summed E-state index contributed by atoms with van der Waals surface area (Å²) in [5, 5.41) is 0. The van der Waals surface area contributed by atoms with Crippen LogP contribution in [0.2, 0.25) is 0 Å². The van der Waals surface area contributed by atoms with Gasteiger partial charge in [0.05, 0.1) is 6.61 Å². The molecule has 3 nitrogen and oxygen atoms in total. The Morgan fingerprint density at radius 2 is 2.16 bits per heavy atom. The molecular formula is C16H26O3. The Labute approximate surface area is 116 Å². The van der Waals surface area contributed by atoms with Crippen molar-refractivity contribution >= 4 is 6.16 Å². The molecule has 0 aromatic rings. The van der Waals surface area contributed by atoms with Crippen LogP contribution in [0.5, 0.6) is 0 Å². The predicted molar refractivity (Wildman–Crippen MR) is 77.1 cm³/mol. The molecule has 0 saturated carbocycles. The van der Waals surface area contributed by atoms with Crippen molar-refractivity contribution < 1.29 is 14.3 Å². The highest BCUT2D eigenvalue weighted by atomic mass is 16.7. The van der Waals surface area contributed by atoms with E-state index in [1.54, 1.807) is 6.92 Å². The first-order chi connectivity index (χ1) is 9.26. The zero-order valence-electron chi connectivity index (χ0n) is 12.2. The van der Waals surface area contributed by atoms with E-state index in [2.05, 4.69) is 25.2 Å². The van der Waals surface area contributed by atoms with Gasteiger partial charge in [-0.2, -0.15) is 0 Å². The zero-order chi connectivity index (χ0) is 13.9. The number of carbonyl (C=O) groups excluding carboxylic acids is 1. The summed E-state index contributed by atoms with van der Waals surface area (Å²) in [5.74, 6) is 0. The summed E-state index contributed by atoms with van der Waals surface area (Å²) in [7, 11) is 0. The monoisotopic (exact) mass is 266 g/mol. The van der Waals surface area contributed by atoms with Gasteiger partial charge in [-0.05, 0) is 26.2 Å². The van der Waals surface area contributed by atoms with Crippen molar-refractivity contribution in [2.24, 2.45) is 0 Å². The molecule has 0 heterocycles. The molecule has 1 aliphatic carbocycles. The molecule has 0 spiro atoms. The fraction of sp³-hybridized carbons (Fsp3) is 0.688. The van der Waals surface area contributed by atoms with Crippen LogP contribution in [0.1, 0.15) is 58.8 Å². The first kappa shape index (κ1) is 15.8. The Morgan fingerprint density at radius 3 is 2.79 bits per heavy atom. The standard InChI is InChI=1S/C16H26O3/c1-3-5-6-7-12-15(19-16(17)18-4-2)13-14-10-8-9-11-14/h8-10,15H,3-7,11-13H2,1-2H3. The molecule has 1 rings (SSSR count). The van der Waals surface area contributed by atoms with Gasteiger partial charge >= 0.3 is 6.16 Å². The SMILES string of the molecule is CCCCCCC(CC1=CC=CC1)OC(=O)OCC. The fourth-order valence-corrected chi connectivity index (χ4v) is 2.22. The summed E-state index contributed by atoms with van der Waals surface area (Å²) in [4.78, 5) is 11.4. The lowest BCUT2D eigenvalue weighted by Crippen LogP contribution is -2.19. The molecule has 0 bridgehead atoms. The van der Waals surface area contributed by atoms with Gasteiger partial charge in [-0.15, -0.1) is 0 Å². The number of allylic oxidation sites excluding steroid dienone is 3. The van der Waals surface area contributed by atoms with Crippen molar-refractivity contribution in [1.29, 1.82) is 0 Å². The lowest BCUT2D eigenvalue weighted by molar-refractivity contribution is 0.0227. The Morgan fingerprint density at radius 1 is 1.32 bits per heavy atom. The zero-order valence-corrected chi connectivity index (χ0v) is 12.2. The molecule has 0 N–H and O–H groups in total. The van der Waals surface area contributed by atoms with Crippen LogP contribution in [0, 0.1) is 0 Å². The van der Waals surface area contributed by atoms with Crippen LogP contribution in [0.3, 0.4) is 0 Å². The topological polar surface area (TPSA) is 35.5 Å². The number of rotatable bonds is 9. The lowest BCUT2D eigenvalue weighted by atomic mass is 10.0. The Bertz CT molecular complexity index is 318. The third-order valence-electron chi connectivity index (χ3n) is 3.24. The van der Waals surface area contributed by atoms with E-state index in [9.17, 15) is 4.79 Å². The minimum Gasteiger partial charge on any atom is -0.435 e. The number of ether oxygens (including phenoxy) is 2. The average Bonchev–Trinajstić information content (AvgIpc) is 2.87. The molecule has 3 heteroatoms. The second-order valence-electron chi connectivity index (χ2n) is 4.93. The van der Waals surface area contributed by atoms with Crippen molar-refractivity contribution in [3.63, 3.8) is 0 Å². The van der Waals surface area contributed by atoms with Crippen LogP contribution in [-0.4, -0.2) is 18.9 Å². The highest BCUT2D eigenvalue weighted by Crippen LogP contribution is 2.21. The van der Waals surface area contributed by atoms with E-state index in [0.29, 0.717) is 6.61 Å². The van der Waals surface area contributed by atoms with Crippen molar-refractivity contribution in [1.82, 2.24) is 0 Å². The van der Waals surface area contributed by atoms with Gasteiger partial charge in [0.1, 0.15) is 6.10 Å². The van der Waals surface area contributed by atoms with E-state index >= 15 is 0 Å². The summed E-state index contributed by atoms with van der Waals surface area (Å²) in [6.45, 7) is 4.36. The molecule has 0 saturated heterocycles. The summed E-state index contributed by atoms with van der Waals surface area (Å²) in [6, 6.07) is 0. The minimum absolute atomic E-state index is 0.0398. The summed E-state index contributed by atoms with van der Waals surface area (Å²) in [6.07, 6.45) is 13.3. The highest BCUT2D eigenvalue weighted by molar-refractivity contribution is 5.60. The fourth-order valence-electron chi connectivity index (χ4n) is 2.22. The van der Waals surface area contributed by atoms with Gasteiger partial charge in [-0.25, -0.2) is 4.79 Å². The summed E-state index contributed by atoms with van der Waals surface area (Å²) >= 11 is 0. The largest absolute Gasteiger partial charge is 0.508 e. The van der Waals surface area contributed by atoms with Crippen LogP contribution in [0.25, 0.3) is 0 Å². The van der Waals surface area contributed by atoms with Gasteiger partial charge in [0, 0.05) is 6.42 Å². The van der Waals surface area contributed by atoms with Gasteiger partial charge in [-0.1, -0.05) is 50.0 Å². The summed E-state index contributed by atoms with van der Waals surface area (Å²) < 4.78 is 10.3. The highest BCUT2D eigenvalue weighted by Gasteiger charge is 2.17. The van der Waals surface area contributed by atoms with Crippen LogP contribution in [-0.2, 0) is 9.47 Å². The van der Waals surface area contributed by atoms with Gasteiger partial charge in [0.2, 0.25) is 0 Å². The van der Waals surface area contributed by atoms with E-state index in [4.69, 9.17) is 9.47 Å². The number of hydrogen-bond acceptors (Lipinski definition) is 3. The first-order valence-corrected chi connectivity index (χ1v) is 7.44. The molecule has 0 aromatic heterocycles. The molecule has 1 atom stereocenters. The molecule has 0 aliphatic heterocycles. The van der Waals surface area contributed by atoms with Crippen molar-refractivity contribution in [3.8, 4) is 0 Å². The molecule has 1 aliphatic rings. The molecule has 0 fully saturated rings. The van der Waals surface area contributed by atoms with Crippen molar-refractivity contribution in [3.05, 3.63) is 23.8 Å². The molecule has 19 heavy (non-hydrogen) atoms. The normalized spacial score (nSPS) is 15.2. The molecule has 1 unspecified atom stereocenters. The Kier molecular flexibility index (Phi) is 8.03. The molecule has 0 radical (unpaired) electrons. The molecule has 0 amide bonds. The molecule has 108 valence electrons. The van der Waals surface area contributed by atoms with Gasteiger partial charge < -0.3 is 9.47 Å². The first-order valence-electron chi connectivity index (χ1n) is 7.44. The quantitative estimate of drug-likeness (QED) is 0.445. The Balaban J connectivity index is 2.35. The maximum Gasteiger partial charge on any atom is 0.508 e. The van der Waals surface area contributed by atoms with Gasteiger partial charge in [0.15, 0.2) is 0 Å². The number of carbonyl (C=O) groups is 1. The summed E-state index contributed by atoms with van der Waals surface area (Å²) in [5.41, 5.74) is 1.34. The van der Waals surface area contributed by atoms with E-state index < -0.39 is 6.16 Å². The second kappa shape index (κ2) is 9.65. The second-order valence-corrected chi connectivity index (χ2v) is 4.93. The minimum atomic E-state index is -0.533. The average molecular weight is 266 g/mol. The van der Waals surface area contributed by atoms with Gasteiger partial charge in [0.25, 0.3) is 0 Å². The van der Waals surface area contributed by atoms with E-state index in [1.807, 2.05) is 0 Å². The van der Waals surface area contributed by atoms with Gasteiger partial charge in [-0.3, -0.25) is 0 Å². The van der Waals surface area contributed by atoms with Crippen molar-refractivity contribution in [2.45, 2.75) is 64.9 Å². The predicted octanol–water partition coefficient (Wildman–Crippen LogP) is 4.77. The third-order valence-corrected chi connectivity index (χ3v) is 3.24. The lowest BCUT2D eigenvalue weighted by Gasteiger charge is -2.18. The molecular weight excluding hydrogens is 240 g/mol. The van der Waals surface area contributed by atoms with Crippen LogP contribution in [0.15, 0.2) is 23.8 Å². The van der Waals surface area contributed by atoms with Crippen LogP contribution < -0.4 is 0 Å².